The molecule has 23 heavy (non-hydrogen) atoms. The fraction of sp³-hybridized carbons (Fsp3) is 0.267. The van der Waals surface area contributed by atoms with Crippen LogP contribution in [0, 0.1) is 0 Å². The summed E-state index contributed by atoms with van der Waals surface area (Å²) >= 11 is 0. The molecule has 0 spiro atoms. The number of likely N-dealkylation sites (N-methyl/N-ethyl adjacent to an activating group) is 1. The Hall–Kier alpha value is -2.64. The maximum Gasteiger partial charge on any atom is 0.434 e. The van der Waals surface area contributed by atoms with E-state index in [9.17, 15) is 18.0 Å². The van der Waals surface area contributed by atoms with E-state index in [2.05, 4.69) is 15.3 Å². The Morgan fingerprint density at radius 1 is 1.17 bits per heavy atom. The molecule has 0 radical (unpaired) electrons. The summed E-state index contributed by atoms with van der Waals surface area (Å²) < 4.78 is 37.7. The Balaban J connectivity index is 2.08. The van der Waals surface area contributed by atoms with Gasteiger partial charge in [-0.1, -0.05) is 12.1 Å². The lowest BCUT2D eigenvalue weighted by atomic mass is 10.1. The summed E-state index contributed by atoms with van der Waals surface area (Å²) in [6.07, 6.45) is -2.41. The lowest BCUT2D eigenvalue weighted by Gasteiger charge is -2.11. The number of alkyl halides is 3. The third-order valence-corrected chi connectivity index (χ3v) is 3.01. The standard InChI is InChI=1S/C15H15F3N4O/c1-22(2)14(23)7-10-3-5-11(6-4-10)20-13-9-19-8-12(21-13)15(16,17)18/h3-6,8-9H,7H2,1-2H3,(H,20,21). The van der Waals surface area contributed by atoms with E-state index in [0.717, 1.165) is 5.56 Å². The van der Waals surface area contributed by atoms with E-state index in [-0.39, 0.29) is 18.1 Å². The van der Waals surface area contributed by atoms with Crippen molar-refractivity contribution in [2.75, 3.05) is 19.4 Å². The monoisotopic (exact) mass is 324 g/mol. The average Bonchev–Trinajstić information content (AvgIpc) is 2.48. The van der Waals surface area contributed by atoms with E-state index in [1.807, 2.05) is 0 Å². The van der Waals surface area contributed by atoms with Crippen LogP contribution < -0.4 is 5.32 Å². The van der Waals surface area contributed by atoms with E-state index in [1.165, 1.54) is 11.1 Å². The third kappa shape index (κ3) is 4.67. The molecule has 2 aromatic rings. The minimum atomic E-state index is -4.54. The number of anilines is 2. The Labute approximate surface area is 131 Å². The maximum absolute atomic E-state index is 12.6. The van der Waals surface area contributed by atoms with Gasteiger partial charge in [-0.2, -0.15) is 13.2 Å². The highest BCUT2D eigenvalue weighted by Crippen LogP contribution is 2.28. The number of aromatic nitrogens is 2. The van der Waals surface area contributed by atoms with Gasteiger partial charge in [-0.05, 0) is 17.7 Å². The Bertz CT molecular complexity index is 684. The van der Waals surface area contributed by atoms with Crippen molar-refractivity contribution in [2.45, 2.75) is 12.6 Å². The van der Waals surface area contributed by atoms with Gasteiger partial charge in [-0.15, -0.1) is 0 Å². The molecular weight excluding hydrogens is 309 g/mol. The number of rotatable bonds is 4. The lowest BCUT2D eigenvalue weighted by Crippen LogP contribution is -2.23. The molecule has 0 saturated carbocycles. The largest absolute Gasteiger partial charge is 0.434 e. The first-order valence-electron chi connectivity index (χ1n) is 6.71. The normalized spacial score (nSPS) is 11.2. The second-order valence-corrected chi connectivity index (χ2v) is 5.07. The maximum atomic E-state index is 12.6. The predicted molar refractivity (Wildman–Crippen MR) is 79.2 cm³/mol. The molecule has 1 aromatic carbocycles. The molecule has 1 N–H and O–H groups in total. The van der Waals surface area contributed by atoms with Gasteiger partial charge in [0.2, 0.25) is 5.91 Å². The van der Waals surface area contributed by atoms with Crippen LogP contribution in [0.2, 0.25) is 0 Å². The number of halogens is 3. The fourth-order valence-electron chi connectivity index (χ4n) is 1.75. The highest BCUT2D eigenvalue weighted by molar-refractivity contribution is 5.78. The van der Waals surface area contributed by atoms with Gasteiger partial charge in [0, 0.05) is 19.8 Å². The second kappa shape index (κ2) is 6.64. The molecule has 0 bridgehead atoms. The molecule has 0 saturated heterocycles. The van der Waals surface area contributed by atoms with Gasteiger partial charge in [0.1, 0.15) is 5.82 Å². The van der Waals surface area contributed by atoms with Crippen molar-refractivity contribution >= 4 is 17.4 Å². The molecule has 0 aliphatic rings. The number of carbonyl (C=O) groups is 1. The number of hydrogen-bond acceptors (Lipinski definition) is 4. The zero-order chi connectivity index (χ0) is 17.0. The molecule has 122 valence electrons. The second-order valence-electron chi connectivity index (χ2n) is 5.07. The Morgan fingerprint density at radius 2 is 1.83 bits per heavy atom. The van der Waals surface area contributed by atoms with Gasteiger partial charge < -0.3 is 10.2 Å². The third-order valence-electron chi connectivity index (χ3n) is 3.01. The number of benzene rings is 1. The van der Waals surface area contributed by atoms with Crippen molar-refractivity contribution in [1.29, 1.82) is 0 Å². The SMILES string of the molecule is CN(C)C(=O)Cc1ccc(Nc2cncc(C(F)(F)F)n2)cc1. The zero-order valence-electron chi connectivity index (χ0n) is 12.6. The van der Waals surface area contributed by atoms with Crippen molar-refractivity contribution < 1.29 is 18.0 Å². The zero-order valence-corrected chi connectivity index (χ0v) is 12.6. The van der Waals surface area contributed by atoms with Crippen molar-refractivity contribution in [1.82, 2.24) is 14.9 Å². The molecule has 8 heteroatoms. The van der Waals surface area contributed by atoms with Crippen LogP contribution in [0.3, 0.4) is 0 Å². The Kier molecular flexibility index (Phi) is 4.83. The summed E-state index contributed by atoms with van der Waals surface area (Å²) in [4.78, 5) is 20.1. The molecule has 0 fully saturated rings. The Morgan fingerprint density at radius 3 is 2.39 bits per heavy atom. The van der Waals surface area contributed by atoms with Crippen LogP contribution in [0.4, 0.5) is 24.7 Å². The predicted octanol–water partition coefficient (Wildman–Crippen LogP) is 2.87. The smallest absolute Gasteiger partial charge is 0.349 e. The van der Waals surface area contributed by atoms with Gasteiger partial charge in [-0.25, -0.2) is 4.98 Å². The van der Waals surface area contributed by atoms with Crippen LogP contribution in [-0.2, 0) is 17.4 Å². The first-order chi connectivity index (χ1) is 10.8. The summed E-state index contributed by atoms with van der Waals surface area (Å²) in [6.45, 7) is 0. The summed E-state index contributed by atoms with van der Waals surface area (Å²) in [7, 11) is 3.34. The molecule has 1 heterocycles. The van der Waals surface area contributed by atoms with E-state index < -0.39 is 11.9 Å². The molecule has 5 nitrogen and oxygen atoms in total. The van der Waals surface area contributed by atoms with Crippen LogP contribution in [0.1, 0.15) is 11.3 Å². The number of hydrogen-bond donors (Lipinski definition) is 1. The van der Waals surface area contributed by atoms with Gasteiger partial charge in [-0.3, -0.25) is 9.78 Å². The average molecular weight is 324 g/mol. The van der Waals surface area contributed by atoms with Gasteiger partial charge >= 0.3 is 6.18 Å². The van der Waals surface area contributed by atoms with Crippen molar-refractivity contribution in [2.24, 2.45) is 0 Å². The van der Waals surface area contributed by atoms with Crippen LogP contribution in [0.15, 0.2) is 36.7 Å². The molecule has 0 aliphatic heterocycles. The molecule has 2 rings (SSSR count). The summed E-state index contributed by atoms with van der Waals surface area (Å²) in [6, 6.07) is 6.79. The summed E-state index contributed by atoms with van der Waals surface area (Å²) in [5.41, 5.74) is 0.305. The van der Waals surface area contributed by atoms with E-state index in [1.54, 1.807) is 38.4 Å². The number of nitrogens with zero attached hydrogens (tertiary/aromatic N) is 3. The molecule has 0 unspecified atom stereocenters. The molecular formula is C15H15F3N4O. The van der Waals surface area contributed by atoms with E-state index in [0.29, 0.717) is 11.9 Å². The quantitative estimate of drug-likeness (QED) is 0.939. The minimum Gasteiger partial charge on any atom is -0.349 e. The van der Waals surface area contributed by atoms with E-state index in [4.69, 9.17) is 0 Å². The molecule has 0 atom stereocenters. The first-order valence-corrected chi connectivity index (χ1v) is 6.71. The molecule has 1 aromatic heterocycles. The van der Waals surface area contributed by atoms with Crippen LogP contribution in [-0.4, -0.2) is 34.9 Å². The van der Waals surface area contributed by atoms with Crippen LogP contribution >= 0.6 is 0 Å². The first kappa shape index (κ1) is 16.7. The highest BCUT2D eigenvalue weighted by Gasteiger charge is 2.33. The summed E-state index contributed by atoms with van der Waals surface area (Å²) in [5.74, 6) is -0.0357. The lowest BCUT2D eigenvalue weighted by molar-refractivity contribution is -0.141. The van der Waals surface area contributed by atoms with Crippen LogP contribution in [0.25, 0.3) is 0 Å². The van der Waals surface area contributed by atoms with Crippen LogP contribution in [0.5, 0.6) is 0 Å². The molecule has 0 aliphatic carbocycles. The van der Waals surface area contributed by atoms with Gasteiger partial charge in [0.25, 0.3) is 0 Å². The number of amides is 1. The van der Waals surface area contributed by atoms with E-state index >= 15 is 0 Å². The van der Waals surface area contributed by atoms with Crippen molar-refractivity contribution in [3.05, 3.63) is 47.9 Å². The molecule has 1 amide bonds. The summed E-state index contributed by atoms with van der Waals surface area (Å²) in [5, 5.41) is 2.75. The number of nitrogens with one attached hydrogen (secondary N) is 1. The number of carbonyl (C=O) groups excluding carboxylic acids is 1. The minimum absolute atomic E-state index is 0.00283. The topological polar surface area (TPSA) is 58.1 Å². The fourth-order valence-corrected chi connectivity index (χ4v) is 1.75. The van der Waals surface area contributed by atoms with Crippen molar-refractivity contribution in [3.8, 4) is 0 Å². The van der Waals surface area contributed by atoms with Crippen molar-refractivity contribution in [3.63, 3.8) is 0 Å². The highest BCUT2D eigenvalue weighted by atomic mass is 19.4. The van der Waals surface area contributed by atoms with Gasteiger partial charge in [0.15, 0.2) is 5.69 Å². The van der Waals surface area contributed by atoms with Gasteiger partial charge in [0.05, 0.1) is 18.8 Å².